The Morgan fingerprint density at radius 3 is 2.45 bits per heavy atom. The van der Waals surface area contributed by atoms with Gasteiger partial charge in [0.15, 0.2) is 0 Å². The summed E-state index contributed by atoms with van der Waals surface area (Å²) in [4.78, 5) is 3.92. The Kier molecular flexibility index (Phi) is 6.13. The van der Waals surface area contributed by atoms with E-state index < -0.39 is 0 Å². The van der Waals surface area contributed by atoms with Gasteiger partial charge in [-0.15, -0.1) is 0 Å². The molecule has 11 heavy (non-hydrogen) atoms. The zero-order valence-corrected chi connectivity index (χ0v) is 8.00. The van der Waals surface area contributed by atoms with Gasteiger partial charge in [0.2, 0.25) is 0 Å². The molecule has 0 aromatic carbocycles. The molecule has 0 saturated heterocycles. The summed E-state index contributed by atoms with van der Waals surface area (Å²) in [6.07, 6.45) is 3.30. The van der Waals surface area contributed by atoms with Crippen molar-refractivity contribution in [3.63, 3.8) is 0 Å². The fraction of sp³-hybridized carbons (Fsp3) is 0.889. The summed E-state index contributed by atoms with van der Waals surface area (Å²) in [6, 6.07) is 0. The lowest BCUT2D eigenvalue weighted by atomic mass is 10.1. The second-order valence-electron chi connectivity index (χ2n) is 3.16. The van der Waals surface area contributed by atoms with Crippen LogP contribution in [0.4, 0.5) is 0 Å². The van der Waals surface area contributed by atoms with Gasteiger partial charge in [0.25, 0.3) is 0 Å². The third-order valence-corrected chi connectivity index (χ3v) is 1.40. The molecule has 0 N–H and O–H groups in total. The number of ether oxygens (including phenoxy) is 1. The maximum atomic E-state index is 5.44. The Hall–Kier alpha value is -0.370. The van der Waals surface area contributed by atoms with Crippen LogP contribution in [0.1, 0.15) is 27.2 Å². The third-order valence-electron chi connectivity index (χ3n) is 1.40. The maximum Gasteiger partial charge on any atom is 0.0519 e. The lowest BCUT2D eigenvalue weighted by Crippen LogP contribution is -2.11. The highest BCUT2D eigenvalue weighted by Crippen LogP contribution is 2.01. The average Bonchev–Trinajstić information content (AvgIpc) is 1.97. The summed E-state index contributed by atoms with van der Waals surface area (Å²) in [6.45, 7) is 7.12. The van der Waals surface area contributed by atoms with Gasteiger partial charge in [-0.1, -0.05) is 6.92 Å². The molecular weight excluding hydrogens is 138 g/mol. The summed E-state index contributed by atoms with van der Waals surface area (Å²) in [5.41, 5.74) is 0. The Morgan fingerprint density at radius 1 is 1.36 bits per heavy atom. The molecule has 2 heteroatoms. The molecule has 0 heterocycles. The van der Waals surface area contributed by atoms with Crippen molar-refractivity contribution in [3.05, 3.63) is 0 Å². The average molecular weight is 157 g/mol. The zero-order chi connectivity index (χ0) is 8.69. The summed E-state index contributed by atoms with van der Waals surface area (Å²) in [5, 5.41) is 0. The normalized spacial score (nSPS) is 14.6. The van der Waals surface area contributed by atoms with E-state index >= 15 is 0 Å². The van der Waals surface area contributed by atoms with E-state index in [1.54, 1.807) is 7.05 Å². The van der Waals surface area contributed by atoms with Crippen LogP contribution in [0.2, 0.25) is 0 Å². The Labute approximate surface area is 69.7 Å². The highest BCUT2D eigenvalue weighted by Gasteiger charge is 2.00. The van der Waals surface area contributed by atoms with Crippen molar-refractivity contribution in [2.24, 2.45) is 10.9 Å². The molecule has 1 atom stereocenters. The molecule has 2 nitrogen and oxygen atoms in total. The van der Waals surface area contributed by atoms with Crippen molar-refractivity contribution in [2.75, 3.05) is 13.7 Å². The molecule has 0 radical (unpaired) electrons. The van der Waals surface area contributed by atoms with E-state index in [2.05, 4.69) is 25.8 Å². The summed E-state index contributed by atoms with van der Waals surface area (Å²) < 4.78 is 5.44. The smallest absolute Gasteiger partial charge is 0.0519 e. The largest absolute Gasteiger partial charge is 0.379 e. The summed E-state index contributed by atoms with van der Waals surface area (Å²) in [7, 11) is 1.80. The van der Waals surface area contributed by atoms with Crippen LogP contribution in [-0.4, -0.2) is 26.0 Å². The minimum Gasteiger partial charge on any atom is -0.379 e. The summed E-state index contributed by atoms with van der Waals surface area (Å²) in [5.74, 6) is 0.584. The van der Waals surface area contributed by atoms with E-state index in [0.717, 1.165) is 13.0 Å². The second kappa shape index (κ2) is 6.35. The molecule has 0 fully saturated rings. The molecule has 0 amide bonds. The molecule has 0 aliphatic rings. The predicted molar refractivity (Wildman–Crippen MR) is 49.3 cm³/mol. The minimum absolute atomic E-state index is 0.344. The SMILES string of the molecule is CN=CCC(C)COC(C)C. The van der Waals surface area contributed by atoms with Crippen molar-refractivity contribution >= 4 is 6.21 Å². The quantitative estimate of drug-likeness (QED) is 0.560. The first-order chi connectivity index (χ1) is 5.16. The van der Waals surface area contributed by atoms with Gasteiger partial charge < -0.3 is 9.73 Å². The van der Waals surface area contributed by atoms with Crippen LogP contribution in [0.15, 0.2) is 4.99 Å². The van der Waals surface area contributed by atoms with Crippen molar-refractivity contribution < 1.29 is 4.74 Å². The van der Waals surface area contributed by atoms with Crippen molar-refractivity contribution in [1.82, 2.24) is 0 Å². The highest BCUT2D eigenvalue weighted by molar-refractivity contribution is 5.57. The van der Waals surface area contributed by atoms with E-state index in [1.165, 1.54) is 0 Å². The van der Waals surface area contributed by atoms with Crippen LogP contribution in [-0.2, 0) is 4.74 Å². The van der Waals surface area contributed by atoms with E-state index in [-0.39, 0.29) is 0 Å². The number of aliphatic imine (C=N–C) groups is 1. The van der Waals surface area contributed by atoms with Crippen molar-refractivity contribution in [3.8, 4) is 0 Å². The Balaban J connectivity index is 3.29. The minimum atomic E-state index is 0.344. The van der Waals surface area contributed by atoms with Gasteiger partial charge in [-0.25, -0.2) is 0 Å². The van der Waals surface area contributed by atoms with Gasteiger partial charge in [-0.3, -0.25) is 0 Å². The predicted octanol–water partition coefficient (Wildman–Crippen LogP) is 2.14. The van der Waals surface area contributed by atoms with Crippen LogP contribution < -0.4 is 0 Å². The molecule has 0 aliphatic carbocycles. The van der Waals surface area contributed by atoms with Gasteiger partial charge in [0.05, 0.1) is 6.10 Å². The van der Waals surface area contributed by atoms with Crippen molar-refractivity contribution in [2.45, 2.75) is 33.3 Å². The number of nitrogens with zero attached hydrogens (tertiary/aromatic N) is 1. The maximum absolute atomic E-state index is 5.44. The molecule has 0 aliphatic heterocycles. The molecule has 0 rings (SSSR count). The van der Waals surface area contributed by atoms with Gasteiger partial charge in [-0.2, -0.15) is 0 Å². The first kappa shape index (κ1) is 10.6. The lowest BCUT2D eigenvalue weighted by Gasteiger charge is -2.11. The van der Waals surface area contributed by atoms with Gasteiger partial charge in [0.1, 0.15) is 0 Å². The van der Waals surface area contributed by atoms with Crippen molar-refractivity contribution in [1.29, 1.82) is 0 Å². The Bertz CT molecular complexity index is 110. The number of hydrogen-bond donors (Lipinski definition) is 0. The molecule has 0 aromatic rings. The van der Waals surface area contributed by atoms with E-state index in [0.29, 0.717) is 12.0 Å². The van der Waals surface area contributed by atoms with Gasteiger partial charge >= 0.3 is 0 Å². The van der Waals surface area contributed by atoms with E-state index in [9.17, 15) is 0 Å². The van der Waals surface area contributed by atoms with Crippen LogP contribution >= 0.6 is 0 Å². The fourth-order valence-corrected chi connectivity index (χ4v) is 0.710. The fourth-order valence-electron chi connectivity index (χ4n) is 0.710. The standard InChI is InChI=1S/C9H19NO/c1-8(2)11-7-9(3)5-6-10-4/h6,8-9H,5,7H2,1-4H3. The van der Waals surface area contributed by atoms with Crippen LogP contribution in [0, 0.1) is 5.92 Å². The first-order valence-corrected chi connectivity index (χ1v) is 4.19. The van der Waals surface area contributed by atoms with E-state index in [1.807, 2.05) is 6.21 Å². The van der Waals surface area contributed by atoms with Crippen LogP contribution in [0.25, 0.3) is 0 Å². The van der Waals surface area contributed by atoms with Gasteiger partial charge in [0, 0.05) is 13.7 Å². The zero-order valence-electron chi connectivity index (χ0n) is 8.00. The summed E-state index contributed by atoms with van der Waals surface area (Å²) >= 11 is 0. The molecule has 0 saturated carbocycles. The third kappa shape index (κ3) is 7.53. The highest BCUT2D eigenvalue weighted by atomic mass is 16.5. The molecule has 1 unspecified atom stereocenters. The second-order valence-corrected chi connectivity index (χ2v) is 3.16. The van der Waals surface area contributed by atoms with E-state index in [4.69, 9.17) is 4.74 Å². The van der Waals surface area contributed by atoms with Crippen LogP contribution in [0.3, 0.4) is 0 Å². The number of rotatable bonds is 5. The van der Waals surface area contributed by atoms with Gasteiger partial charge in [-0.05, 0) is 32.4 Å². The Morgan fingerprint density at radius 2 is 2.00 bits per heavy atom. The number of hydrogen-bond acceptors (Lipinski definition) is 2. The first-order valence-electron chi connectivity index (χ1n) is 4.19. The molecular formula is C9H19NO. The molecule has 0 aromatic heterocycles. The topological polar surface area (TPSA) is 21.6 Å². The lowest BCUT2D eigenvalue weighted by molar-refractivity contribution is 0.0570. The monoisotopic (exact) mass is 157 g/mol. The molecule has 0 bridgehead atoms. The van der Waals surface area contributed by atoms with Crippen LogP contribution in [0.5, 0.6) is 0 Å². The molecule has 66 valence electrons. The molecule has 0 spiro atoms.